The van der Waals surface area contributed by atoms with Crippen molar-refractivity contribution in [3.05, 3.63) is 47.0 Å². The minimum absolute atomic E-state index is 0.543. The van der Waals surface area contributed by atoms with E-state index in [0.717, 1.165) is 6.42 Å². The normalized spacial score (nSPS) is 24.8. The SMILES string of the molecule is CC1CC2=CC=C(B(O)O)C=CC1=C2. The monoisotopic (exact) mass is 188 g/mol. The summed E-state index contributed by atoms with van der Waals surface area (Å²) in [5.74, 6) is 0.543. The smallest absolute Gasteiger partial charge is 0.423 e. The summed E-state index contributed by atoms with van der Waals surface area (Å²) in [5, 5.41) is 18.1. The van der Waals surface area contributed by atoms with Gasteiger partial charge < -0.3 is 10.0 Å². The van der Waals surface area contributed by atoms with Crippen molar-refractivity contribution in [3.63, 3.8) is 0 Å². The van der Waals surface area contributed by atoms with Gasteiger partial charge in [-0.1, -0.05) is 37.3 Å². The Labute approximate surface area is 84.1 Å². The number of hydrogen-bond donors (Lipinski definition) is 2. The molecule has 2 bridgehead atoms. The van der Waals surface area contributed by atoms with Gasteiger partial charge in [0.1, 0.15) is 0 Å². The minimum Gasteiger partial charge on any atom is -0.423 e. The third kappa shape index (κ3) is 1.74. The van der Waals surface area contributed by atoms with Gasteiger partial charge in [0.05, 0.1) is 0 Å². The van der Waals surface area contributed by atoms with Crippen LogP contribution in [0.1, 0.15) is 13.3 Å². The predicted octanol–water partition coefficient (Wildman–Crippen LogP) is 1.39. The second-order valence-corrected chi connectivity index (χ2v) is 3.86. The van der Waals surface area contributed by atoms with Gasteiger partial charge in [-0.05, 0) is 29.0 Å². The molecule has 2 aliphatic rings. The molecule has 72 valence electrons. The van der Waals surface area contributed by atoms with Gasteiger partial charge in [-0.15, -0.1) is 0 Å². The highest BCUT2D eigenvalue weighted by atomic mass is 16.4. The van der Waals surface area contributed by atoms with E-state index >= 15 is 0 Å². The molecule has 2 aliphatic carbocycles. The largest absolute Gasteiger partial charge is 0.488 e. The van der Waals surface area contributed by atoms with Crippen molar-refractivity contribution < 1.29 is 10.0 Å². The zero-order valence-corrected chi connectivity index (χ0v) is 8.14. The molecule has 0 aromatic rings. The third-order valence-corrected chi connectivity index (χ3v) is 2.72. The molecule has 2 rings (SSSR count). The van der Waals surface area contributed by atoms with Crippen molar-refractivity contribution in [3.8, 4) is 0 Å². The maximum atomic E-state index is 9.04. The van der Waals surface area contributed by atoms with Gasteiger partial charge in [-0.3, -0.25) is 0 Å². The van der Waals surface area contributed by atoms with E-state index in [9.17, 15) is 0 Å². The van der Waals surface area contributed by atoms with E-state index in [1.807, 2.05) is 12.2 Å². The summed E-state index contributed by atoms with van der Waals surface area (Å²) in [5.41, 5.74) is 3.07. The van der Waals surface area contributed by atoms with E-state index in [1.165, 1.54) is 11.1 Å². The van der Waals surface area contributed by atoms with Crippen molar-refractivity contribution >= 4 is 7.12 Å². The first-order valence-electron chi connectivity index (χ1n) is 4.83. The van der Waals surface area contributed by atoms with Gasteiger partial charge in [0, 0.05) is 0 Å². The van der Waals surface area contributed by atoms with Gasteiger partial charge in [-0.25, -0.2) is 0 Å². The second kappa shape index (κ2) is 3.60. The maximum Gasteiger partial charge on any atom is 0.488 e. The molecule has 2 nitrogen and oxygen atoms in total. The molecule has 1 unspecified atom stereocenters. The first kappa shape index (κ1) is 9.50. The fraction of sp³-hybridized carbons (Fsp3) is 0.273. The van der Waals surface area contributed by atoms with Gasteiger partial charge in [0.25, 0.3) is 0 Å². The lowest BCUT2D eigenvalue weighted by Gasteiger charge is -2.03. The number of fused-ring (bicyclic) bond motifs is 1. The molecule has 0 aromatic carbocycles. The van der Waals surface area contributed by atoms with E-state index < -0.39 is 7.12 Å². The highest BCUT2D eigenvalue weighted by molar-refractivity contribution is 6.51. The van der Waals surface area contributed by atoms with Crippen LogP contribution in [0.25, 0.3) is 0 Å². The molecule has 0 saturated heterocycles. The Morgan fingerprint density at radius 2 is 2.07 bits per heavy atom. The molecular weight excluding hydrogens is 175 g/mol. The minimum atomic E-state index is -1.38. The summed E-state index contributed by atoms with van der Waals surface area (Å²) in [7, 11) is -1.38. The Morgan fingerprint density at radius 3 is 2.79 bits per heavy atom. The quantitative estimate of drug-likeness (QED) is 0.610. The van der Waals surface area contributed by atoms with Crippen LogP contribution in [0.5, 0.6) is 0 Å². The maximum absolute atomic E-state index is 9.04. The second-order valence-electron chi connectivity index (χ2n) is 3.86. The Balaban J connectivity index is 2.33. The van der Waals surface area contributed by atoms with Crippen LogP contribution < -0.4 is 0 Å². The highest BCUT2D eigenvalue weighted by Gasteiger charge is 2.18. The molecule has 14 heavy (non-hydrogen) atoms. The van der Waals surface area contributed by atoms with Crippen LogP contribution in [-0.2, 0) is 0 Å². The molecular formula is C11H13BO2. The fourth-order valence-electron chi connectivity index (χ4n) is 1.84. The van der Waals surface area contributed by atoms with Gasteiger partial charge in [-0.2, -0.15) is 0 Å². The summed E-state index contributed by atoms with van der Waals surface area (Å²) in [6.45, 7) is 2.18. The van der Waals surface area contributed by atoms with E-state index in [0.29, 0.717) is 11.4 Å². The van der Waals surface area contributed by atoms with Crippen LogP contribution in [0.15, 0.2) is 47.0 Å². The van der Waals surface area contributed by atoms with Crippen LogP contribution >= 0.6 is 0 Å². The Morgan fingerprint density at radius 1 is 1.29 bits per heavy atom. The van der Waals surface area contributed by atoms with Crippen molar-refractivity contribution in [2.45, 2.75) is 13.3 Å². The fourth-order valence-corrected chi connectivity index (χ4v) is 1.84. The lowest BCUT2D eigenvalue weighted by molar-refractivity contribution is 0.420. The molecule has 2 N–H and O–H groups in total. The van der Waals surface area contributed by atoms with Crippen molar-refractivity contribution in [1.29, 1.82) is 0 Å². The lowest BCUT2D eigenvalue weighted by Crippen LogP contribution is -2.13. The molecule has 0 aliphatic heterocycles. The Hall–Kier alpha value is -1.06. The molecule has 3 heteroatoms. The summed E-state index contributed by atoms with van der Waals surface area (Å²) in [6.07, 6.45) is 10.7. The summed E-state index contributed by atoms with van der Waals surface area (Å²) in [4.78, 5) is 0. The molecule has 0 amide bonds. The average molecular weight is 188 g/mol. The van der Waals surface area contributed by atoms with Gasteiger partial charge in [0.2, 0.25) is 0 Å². The van der Waals surface area contributed by atoms with Crippen LogP contribution in [-0.4, -0.2) is 17.2 Å². The van der Waals surface area contributed by atoms with Crippen molar-refractivity contribution in [2.24, 2.45) is 5.92 Å². The first-order valence-corrected chi connectivity index (χ1v) is 4.83. The summed E-state index contributed by atoms with van der Waals surface area (Å²) < 4.78 is 0. The molecule has 1 atom stereocenters. The zero-order chi connectivity index (χ0) is 10.1. The van der Waals surface area contributed by atoms with E-state index in [2.05, 4.69) is 13.0 Å². The highest BCUT2D eigenvalue weighted by Crippen LogP contribution is 2.31. The van der Waals surface area contributed by atoms with E-state index in [-0.39, 0.29) is 0 Å². The van der Waals surface area contributed by atoms with Crippen LogP contribution in [0.4, 0.5) is 0 Å². The molecule has 0 spiro atoms. The van der Waals surface area contributed by atoms with Crippen LogP contribution in [0.2, 0.25) is 0 Å². The van der Waals surface area contributed by atoms with Crippen molar-refractivity contribution in [2.75, 3.05) is 0 Å². The lowest BCUT2D eigenvalue weighted by atomic mass is 9.78. The molecule has 0 saturated carbocycles. The number of rotatable bonds is 1. The molecule has 0 heterocycles. The predicted molar refractivity (Wildman–Crippen MR) is 57.4 cm³/mol. The van der Waals surface area contributed by atoms with Gasteiger partial charge >= 0.3 is 7.12 Å². The standard InChI is InChI=1S/C11H13BO2/c1-8-6-9-2-4-11(12(13)14)5-3-10(8)7-9/h2-5,7-8,13-14H,6H2,1H3. The molecule has 0 fully saturated rings. The summed E-state index contributed by atoms with van der Waals surface area (Å²) >= 11 is 0. The van der Waals surface area contributed by atoms with E-state index in [4.69, 9.17) is 10.0 Å². The first-order chi connectivity index (χ1) is 6.66. The zero-order valence-electron chi connectivity index (χ0n) is 8.14. The number of hydrogen-bond acceptors (Lipinski definition) is 2. The van der Waals surface area contributed by atoms with Crippen LogP contribution in [0.3, 0.4) is 0 Å². The Kier molecular flexibility index (Phi) is 2.44. The molecule has 0 aromatic heterocycles. The van der Waals surface area contributed by atoms with Crippen molar-refractivity contribution in [1.82, 2.24) is 0 Å². The van der Waals surface area contributed by atoms with Crippen LogP contribution in [0, 0.1) is 5.92 Å². The molecule has 0 radical (unpaired) electrons. The number of allylic oxidation sites excluding steroid dienone is 8. The Bertz CT molecular complexity index is 361. The average Bonchev–Trinajstić information content (AvgIpc) is 2.44. The third-order valence-electron chi connectivity index (χ3n) is 2.72. The van der Waals surface area contributed by atoms with Gasteiger partial charge in [0.15, 0.2) is 0 Å². The summed E-state index contributed by atoms with van der Waals surface area (Å²) in [6, 6.07) is 0. The van der Waals surface area contributed by atoms with E-state index in [1.54, 1.807) is 12.2 Å². The topological polar surface area (TPSA) is 40.5 Å².